The predicted octanol–water partition coefficient (Wildman–Crippen LogP) is 5.00. The first-order chi connectivity index (χ1) is 18.7. The number of hydrogen-bond acceptors (Lipinski definition) is 7. The van der Waals surface area contributed by atoms with Crippen LogP contribution in [0.3, 0.4) is 0 Å². The monoisotopic (exact) mass is 545 g/mol. The van der Waals surface area contributed by atoms with Crippen molar-refractivity contribution in [1.82, 2.24) is 4.90 Å². The molecule has 0 atom stereocenters. The number of carbonyl (C=O) groups excluding carboxylic acids is 4. The number of amides is 4. The predicted molar refractivity (Wildman–Crippen MR) is 151 cm³/mol. The van der Waals surface area contributed by atoms with Gasteiger partial charge in [0.1, 0.15) is 18.0 Å². The number of imide groups is 1. The summed E-state index contributed by atoms with van der Waals surface area (Å²) in [6, 6.07) is 19.4. The van der Waals surface area contributed by atoms with Crippen molar-refractivity contribution in [3.8, 4) is 11.5 Å². The van der Waals surface area contributed by atoms with Gasteiger partial charge in [0.25, 0.3) is 17.1 Å². The van der Waals surface area contributed by atoms with Crippen LogP contribution >= 0.6 is 11.8 Å². The lowest BCUT2D eigenvalue weighted by Crippen LogP contribution is -2.36. The molecule has 4 amide bonds. The summed E-state index contributed by atoms with van der Waals surface area (Å²) in [4.78, 5) is 51.1. The number of aryl methyl sites for hydroxylation is 2. The number of carbonyl (C=O) groups is 4. The minimum atomic E-state index is -0.533. The van der Waals surface area contributed by atoms with Crippen molar-refractivity contribution in [3.63, 3.8) is 0 Å². The summed E-state index contributed by atoms with van der Waals surface area (Å²) >= 11 is 0.776. The molecule has 1 aliphatic heterocycles. The first kappa shape index (κ1) is 27.5. The van der Waals surface area contributed by atoms with Crippen LogP contribution in [0, 0.1) is 13.8 Å². The molecular weight excluding hydrogens is 518 g/mol. The minimum absolute atomic E-state index is 0.208. The van der Waals surface area contributed by atoms with E-state index in [-0.39, 0.29) is 24.0 Å². The van der Waals surface area contributed by atoms with Crippen molar-refractivity contribution in [2.75, 3.05) is 30.9 Å². The number of nitrogens with zero attached hydrogens (tertiary/aromatic N) is 1. The second-order valence-electron chi connectivity index (χ2n) is 8.80. The number of benzene rings is 3. The standard InChI is InChI=1S/C29H27N3O6S/c1-18-12-19(2)14-21(13-18)30-26(33)16-32-28(35)25(39-29(32)36)15-20-8-10-22(11-9-20)38-17-27(34)31-23-6-4-5-7-24(23)37-3/h4-15H,16-17H2,1-3H3,(H,30,33)(H,31,34)/b25-15-. The van der Waals surface area contributed by atoms with E-state index in [2.05, 4.69) is 10.6 Å². The van der Waals surface area contributed by atoms with Crippen LogP contribution in [0.15, 0.2) is 71.6 Å². The van der Waals surface area contributed by atoms with Crippen molar-refractivity contribution < 1.29 is 28.7 Å². The number of thioether (sulfide) groups is 1. The molecule has 1 fully saturated rings. The molecule has 0 radical (unpaired) electrons. The second-order valence-corrected chi connectivity index (χ2v) is 9.79. The molecule has 0 aliphatic carbocycles. The first-order valence-electron chi connectivity index (χ1n) is 12.0. The minimum Gasteiger partial charge on any atom is -0.495 e. The quantitative estimate of drug-likeness (QED) is 0.364. The van der Waals surface area contributed by atoms with Gasteiger partial charge in [-0.1, -0.05) is 30.3 Å². The number of nitrogens with one attached hydrogen (secondary N) is 2. The highest BCUT2D eigenvalue weighted by Gasteiger charge is 2.36. The van der Waals surface area contributed by atoms with Gasteiger partial charge >= 0.3 is 0 Å². The molecule has 0 aromatic heterocycles. The van der Waals surface area contributed by atoms with Gasteiger partial charge in [0.15, 0.2) is 6.61 Å². The van der Waals surface area contributed by atoms with Gasteiger partial charge in [0, 0.05) is 5.69 Å². The molecule has 10 heteroatoms. The third-order valence-corrected chi connectivity index (χ3v) is 6.52. The maximum atomic E-state index is 12.8. The zero-order valence-corrected chi connectivity index (χ0v) is 22.5. The number of hydrogen-bond donors (Lipinski definition) is 2. The molecule has 0 spiro atoms. The van der Waals surface area contributed by atoms with Gasteiger partial charge in [0.05, 0.1) is 17.7 Å². The largest absolute Gasteiger partial charge is 0.495 e. The van der Waals surface area contributed by atoms with Crippen LogP contribution in [0.4, 0.5) is 16.2 Å². The van der Waals surface area contributed by atoms with E-state index in [1.54, 1.807) is 54.6 Å². The maximum absolute atomic E-state index is 12.8. The summed E-state index contributed by atoms with van der Waals surface area (Å²) in [5, 5.41) is 4.96. The Balaban J connectivity index is 1.32. The fourth-order valence-electron chi connectivity index (χ4n) is 3.92. The Labute approximate surface area is 230 Å². The summed E-state index contributed by atoms with van der Waals surface area (Å²) in [5.74, 6) is -0.340. The third-order valence-electron chi connectivity index (χ3n) is 5.61. The van der Waals surface area contributed by atoms with Crippen molar-refractivity contribution in [2.45, 2.75) is 13.8 Å². The number of rotatable bonds is 9. The normalized spacial score (nSPS) is 13.9. The summed E-state index contributed by atoms with van der Waals surface area (Å²) in [5.41, 5.74) is 3.80. The van der Waals surface area contributed by atoms with Gasteiger partial charge in [-0.3, -0.25) is 24.1 Å². The lowest BCUT2D eigenvalue weighted by molar-refractivity contribution is -0.127. The molecule has 4 rings (SSSR count). The third kappa shape index (κ3) is 7.26. The number of para-hydroxylation sites is 2. The number of methoxy groups -OCH3 is 1. The van der Waals surface area contributed by atoms with Gasteiger partial charge in [-0.05, 0) is 84.8 Å². The molecule has 3 aromatic carbocycles. The van der Waals surface area contributed by atoms with E-state index in [0.717, 1.165) is 27.8 Å². The van der Waals surface area contributed by atoms with Crippen molar-refractivity contribution >= 4 is 52.2 Å². The molecule has 0 saturated carbocycles. The average Bonchev–Trinajstić information content (AvgIpc) is 3.15. The lowest BCUT2D eigenvalue weighted by atomic mass is 10.1. The lowest BCUT2D eigenvalue weighted by Gasteiger charge is -2.13. The van der Waals surface area contributed by atoms with Crippen molar-refractivity contribution in [2.24, 2.45) is 0 Å². The van der Waals surface area contributed by atoms with Crippen LogP contribution in [-0.2, 0) is 14.4 Å². The van der Waals surface area contributed by atoms with Gasteiger partial charge in [-0.2, -0.15) is 0 Å². The van der Waals surface area contributed by atoms with Gasteiger partial charge in [0.2, 0.25) is 5.91 Å². The van der Waals surface area contributed by atoms with Crippen LogP contribution in [0.2, 0.25) is 0 Å². The molecule has 1 saturated heterocycles. The summed E-state index contributed by atoms with van der Waals surface area (Å²) in [6.07, 6.45) is 1.57. The van der Waals surface area contributed by atoms with Crippen LogP contribution in [0.1, 0.15) is 16.7 Å². The summed E-state index contributed by atoms with van der Waals surface area (Å²) in [6.45, 7) is 3.26. The highest BCUT2D eigenvalue weighted by Crippen LogP contribution is 2.32. The number of anilines is 2. The van der Waals surface area contributed by atoms with Crippen LogP contribution < -0.4 is 20.1 Å². The SMILES string of the molecule is COc1ccccc1NC(=O)COc1ccc(/C=C2\SC(=O)N(CC(=O)Nc3cc(C)cc(C)c3)C2=O)cc1. The van der Waals surface area contributed by atoms with Crippen LogP contribution in [0.5, 0.6) is 11.5 Å². The average molecular weight is 546 g/mol. The Kier molecular flexibility index (Phi) is 8.67. The van der Waals surface area contributed by atoms with Crippen LogP contribution in [-0.4, -0.2) is 48.1 Å². The van der Waals surface area contributed by atoms with Gasteiger partial charge in [-0.25, -0.2) is 0 Å². The van der Waals surface area contributed by atoms with E-state index in [1.807, 2.05) is 32.0 Å². The summed E-state index contributed by atoms with van der Waals surface area (Å²) in [7, 11) is 1.52. The molecule has 39 heavy (non-hydrogen) atoms. The van der Waals surface area contributed by atoms with E-state index >= 15 is 0 Å². The molecule has 1 heterocycles. The Morgan fingerprint density at radius 2 is 1.62 bits per heavy atom. The van der Waals surface area contributed by atoms with E-state index in [4.69, 9.17) is 9.47 Å². The molecule has 2 N–H and O–H groups in total. The molecule has 0 bridgehead atoms. The van der Waals surface area contributed by atoms with Crippen molar-refractivity contribution in [3.05, 3.63) is 88.3 Å². The molecule has 200 valence electrons. The Bertz CT molecular complexity index is 1430. The Hall–Kier alpha value is -4.57. The van der Waals surface area contributed by atoms with Gasteiger partial charge < -0.3 is 20.1 Å². The Morgan fingerprint density at radius 3 is 2.31 bits per heavy atom. The highest BCUT2D eigenvalue weighted by atomic mass is 32.2. The topological polar surface area (TPSA) is 114 Å². The zero-order chi connectivity index (χ0) is 27.9. The highest BCUT2D eigenvalue weighted by molar-refractivity contribution is 8.18. The fourth-order valence-corrected chi connectivity index (χ4v) is 4.76. The van der Waals surface area contributed by atoms with Crippen LogP contribution in [0.25, 0.3) is 6.08 Å². The first-order valence-corrected chi connectivity index (χ1v) is 12.8. The van der Waals surface area contributed by atoms with E-state index in [0.29, 0.717) is 28.4 Å². The van der Waals surface area contributed by atoms with Crippen molar-refractivity contribution in [1.29, 1.82) is 0 Å². The molecular formula is C29H27N3O6S. The fraction of sp³-hybridized carbons (Fsp3) is 0.172. The molecule has 9 nitrogen and oxygen atoms in total. The zero-order valence-electron chi connectivity index (χ0n) is 21.6. The van der Waals surface area contributed by atoms with E-state index < -0.39 is 17.1 Å². The maximum Gasteiger partial charge on any atom is 0.294 e. The molecule has 0 unspecified atom stereocenters. The van der Waals surface area contributed by atoms with E-state index in [1.165, 1.54) is 7.11 Å². The van der Waals surface area contributed by atoms with E-state index in [9.17, 15) is 19.2 Å². The second kappa shape index (κ2) is 12.3. The Morgan fingerprint density at radius 1 is 0.923 bits per heavy atom. The summed E-state index contributed by atoms with van der Waals surface area (Å²) < 4.78 is 10.8. The molecule has 3 aromatic rings. The number of ether oxygens (including phenoxy) is 2. The van der Waals surface area contributed by atoms with Gasteiger partial charge in [-0.15, -0.1) is 0 Å². The molecule has 1 aliphatic rings. The smallest absolute Gasteiger partial charge is 0.294 e.